The Bertz CT molecular complexity index is 329. The molecule has 1 aromatic carbocycles. The van der Waals surface area contributed by atoms with Crippen LogP contribution in [0.5, 0.6) is 0 Å². The summed E-state index contributed by atoms with van der Waals surface area (Å²) in [7, 11) is 0. The Morgan fingerprint density at radius 1 is 1.47 bits per heavy atom. The van der Waals surface area contributed by atoms with E-state index < -0.39 is 0 Å². The molecular formula is C13H18FN. The number of halogens is 1. The first kappa shape index (κ1) is 10.6. The monoisotopic (exact) mass is 207 g/mol. The third kappa shape index (κ3) is 2.78. The van der Waals surface area contributed by atoms with Crippen LogP contribution in [0.15, 0.2) is 18.2 Å². The lowest BCUT2D eigenvalue weighted by Crippen LogP contribution is -2.30. The Kier molecular flexibility index (Phi) is 3.37. The fourth-order valence-electron chi connectivity index (χ4n) is 2.30. The average molecular weight is 207 g/mol. The molecular weight excluding hydrogens is 189 g/mol. The highest BCUT2D eigenvalue weighted by atomic mass is 19.1. The SMILES string of the molecule is Cc1cc(F)ccc1C[C@@H]1CCCNC1. The lowest BCUT2D eigenvalue weighted by molar-refractivity contribution is 0.375. The topological polar surface area (TPSA) is 12.0 Å². The van der Waals surface area contributed by atoms with Gasteiger partial charge in [0, 0.05) is 0 Å². The van der Waals surface area contributed by atoms with Crippen molar-refractivity contribution >= 4 is 0 Å². The summed E-state index contributed by atoms with van der Waals surface area (Å²) >= 11 is 0. The van der Waals surface area contributed by atoms with E-state index in [0.717, 1.165) is 31.0 Å². The summed E-state index contributed by atoms with van der Waals surface area (Å²) in [6.45, 7) is 4.25. The molecule has 1 nitrogen and oxygen atoms in total. The molecule has 1 fully saturated rings. The molecule has 0 aliphatic carbocycles. The first-order valence-corrected chi connectivity index (χ1v) is 5.71. The molecule has 1 N–H and O–H groups in total. The maximum absolute atomic E-state index is 12.9. The van der Waals surface area contributed by atoms with E-state index in [-0.39, 0.29) is 5.82 Å². The van der Waals surface area contributed by atoms with Gasteiger partial charge in [-0.05, 0) is 68.5 Å². The van der Waals surface area contributed by atoms with Crippen LogP contribution in [0, 0.1) is 18.7 Å². The Balaban J connectivity index is 2.03. The molecule has 1 aromatic rings. The molecule has 0 unspecified atom stereocenters. The minimum Gasteiger partial charge on any atom is -0.316 e. The molecule has 82 valence electrons. The summed E-state index contributed by atoms with van der Waals surface area (Å²) in [4.78, 5) is 0. The van der Waals surface area contributed by atoms with Gasteiger partial charge in [0.05, 0.1) is 0 Å². The van der Waals surface area contributed by atoms with Crippen LogP contribution < -0.4 is 5.32 Å². The number of hydrogen-bond donors (Lipinski definition) is 1. The highest BCUT2D eigenvalue weighted by Crippen LogP contribution is 2.19. The van der Waals surface area contributed by atoms with E-state index in [1.807, 2.05) is 13.0 Å². The molecule has 1 aliphatic rings. The summed E-state index contributed by atoms with van der Waals surface area (Å²) < 4.78 is 12.9. The molecule has 2 rings (SSSR count). The van der Waals surface area contributed by atoms with Gasteiger partial charge in [0.25, 0.3) is 0 Å². The molecule has 0 aromatic heterocycles. The number of rotatable bonds is 2. The Morgan fingerprint density at radius 3 is 3.00 bits per heavy atom. The molecule has 0 amide bonds. The van der Waals surface area contributed by atoms with Gasteiger partial charge in [-0.15, -0.1) is 0 Å². The Labute approximate surface area is 90.7 Å². The molecule has 15 heavy (non-hydrogen) atoms. The van der Waals surface area contributed by atoms with E-state index >= 15 is 0 Å². The summed E-state index contributed by atoms with van der Waals surface area (Å²) in [5.74, 6) is 0.598. The second-order valence-electron chi connectivity index (χ2n) is 4.49. The first-order valence-electron chi connectivity index (χ1n) is 5.71. The predicted molar refractivity (Wildman–Crippen MR) is 60.4 cm³/mol. The van der Waals surface area contributed by atoms with Crippen LogP contribution in [0.2, 0.25) is 0 Å². The first-order chi connectivity index (χ1) is 7.25. The van der Waals surface area contributed by atoms with Crippen molar-refractivity contribution in [2.75, 3.05) is 13.1 Å². The molecule has 1 aliphatic heterocycles. The lowest BCUT2D eigenvalue weighted by Gasteiger charge is -2.23. The maximum Gasteiger partial charge on any atom is 0.123 e. The molecule has 0 bridgehead atoms. The van der Waals surface area contributed by atoms with E-state index in [2.05, 4.69) is 5.32 Å². The smallest absolute Gasteiger partial charge is 0.123 e. The van der Waals surface area contributed by atoms with Crippen LogP contribution >= 0.6 is 0 Å². The van der Waals surface area contributed by atoms with Crippen LogP contribution in [0.1, 0.15) is 24.0 Å². The fourth-order valence-corrected chi connectivity index (χ4v) is 2.30. The number of nitrogens with one attached hydrogen (secondary N) is 1. The molecule has 1 heterocycles. The molecule has 0 spiro atoms. The molecule has 0 radical (unpaired) electrons. The van der Waals surface area contributed by atoms with Gasteiger partial charge < -0.3 is 5.32 Å². The second-order valence-corrected chi connectivity index (χ2v) is 4.49. The van der Waals surface area contributed by atoms with Crippen molar-refractivity contribution in [3.05, 3.63) is 35.1 Å². The van der Waals surface area contributed by atoms with Gasteiger partial charge in [0.1, 0.15) is 5.82 Å². The summed E-state index contributed by atoms with van der Waals surface area (Å²) in [5.41, 5.74) is 2.38. The summed E-state index contributed by atoms with van der Waals surface area (Å²) in [6.07, 6.45) is 3.65. The van der Waals surface area contributed by atoms with E-state index in [9.17, 15) is 4.39 Å². The standard InChI is InChI=1S/C13H18FN/c1-10-7-13(14)5-4-12(10)8-11-3-2-6-15-9-11/h4-5,7,11,15H,2-3,6,8-9H2,1H3/t11-/m0/s1. The molecule has 1 atom stereocenters. The van der Waals surface area contributed by atoms with Crippen molar-refractivity contribution in [3.8, 4) is 0 Å². The normalized spacial score (nSPS) is 21.6. The number of piperidine rings is 1. The fraction of sp³-hybridized carbons (Fsp3) is 0.538. The highest BCUT2D eigenvalue weighted by Gasteiger charge is 2.14. The van der Waals surface area contributed by atoms with Crippen molar-refractivity contribution < 1.29 is 4.39 Å². The van der Waals surface area contributed by atoms with Crippen LogP contribution in [-0.4, -0.2) is 13.1 Å². The van der Waals surface area contributed by atoms with Crippen molar-refractivity contribution in [1.82, 2.24) is 5.32 Å². The van der Waals surface area contributed by atoms with Crippen LogP contribution in [0.25, 0.3) is 0 Å². The second kappa shape index (κ2) is 4.75. The maximum atomic E-state index is 12.9. The average Bonchev–Trinajstić information content (AvgIpc) is 2.24. The van der Waals surface area contributed by atoms with E-state index in [1.54, 1.807) is 12.1 Å². The van der Waals surface area contributed by atoms with Crippen LogP contribution in [0.3, 0.4) is 0 Å². The van der Waals surface area contributed by atoms with Crippen molar-refractivity contribution in [2.45, 2.75) is 26.2 Å². The third-order valence-corrected chi connectivity index (χ3v) is 3.21. The molecule has 1 saturated heterocycles. The molecule has 0 saturated carbocycles. The third-order valence-electron chi connectivity index (χ3n) is 3.21. The van der Waals surface area contributed by atoms with Crippen LogP contribution in [0.4, 0.5) is 4.39 Å². The predicted octanol–water partition coefficient (Wildman–Crippen LogP) is 2.68. The van der Waals surface area contributed by atoms with Gasteiger partial charge in [-0.25, -0.2) is 4.39 Å². The zero-order chi connectivity index (χ0) is 10.7. The highest BCUT2D eigenvalue weighted by molar-refractivity contribution is 5.27. The number of benzene rings is 1. The van der Waals surface area contributed by atoms with E-state index in [0.29, 0.717) is 0 Å². The minimum absolute atomic E-state index is 0.127. The van der Waals surface area contributed by atoms with Gasteiger partial charge in [0.15, 0.2) is 0 Å². The minimum atomic E-state index is -0.127. The van der Waals surface area contributed by atoms with Gasteiger partial charge in [0.2, 0.25) is 0 Å². The summed E-state index contributed by atoms with van der Waals surface area (Å²) in [6, 6.07) is 5.13. The largest absolute Gasteiger partial charge is 0.316 e. The van der Waals surface area contributed by atoms with Crippen molar-refractivity contribution in [2.24, 2.45) is 5.92 Å². The van der Waals surface area contributed by atoms with Gasteiger partial charge >= 0.3 is 0 Å². The van der Waals surface area contributed by atoms with Gasteiger partial charge in [-0.1, -0.05) is 6.07 Å². The van der Waals surface area contributed by atoms with Crippen LogP contribution in [-0.2, 0) is 6.42 Å². The van der Waals surface area contributed by atoms with E-state index in [4.69, 9.17) is 0 Å². The number of hydrogen-bond acceptors (Lipinski definition) is 1. The Hall–Kier alpha value is -0.890. The summed E-state index contributed by atoms with van der Waals surface area (Å²) in [5, 5.41) is 3.41. The van der Waals surface area contributed by atoms with E-state index in [1.165, 1.54) is 18.4 Å². The lowest BCUT2D eigenvalue weighted by atomic mass is 9.90. The molecule has 2 heteroatoms. The quantitative estimate of drug-likeness (QED) is 0.786. The van der Waals surface area contributed by atoms with Crippen molar-refractivity contribution in [3.63, 3.8) is 0 Å². The van der Waals surface area contributed by atoms with Gasteiger partial charge in [-0.3, -0.25) is 0 Å². The van der Waals surface area contributed by atoms with Gasteiger partial charge in [-0.2, -0.15) is 0 Å². The zero-order valence-electron chi connectivity index (χ0n) is 9.22. The zero-order valence-corrected chi connectivity index (χ0v) is 9.22. The Morgan fingerprint density at radius 2 is 2.33 bits per heavy atom. The number of aryl methyl sites for hydroxylation is 1. The van der Waals surface area contributed by atoms with Crippen molar-refractivity contribution in [1.29, 1.82) is 0 Å².